The van der Waals surface area contributed by atoms with Crippen molar-refractivity contribution < 1.29 is 14.3 Å². The number of methoxy groups -OCH3 is 2. The summed E-state index contributed by atoms with van der Waals surface area (Å²) in [5.74, 6) is 6.41. The van der Waals surface area contributed by atoms with E-state index in [1.165, 1.54) is 7.11 Å². The van der Waals surface area contributed by atoms with Gasteiger partial charge in [0.2, 0.25) is 0 Å². The van der Waals surface area contributed by atoms with Gasteiger partial charge in [-0.3, -0.25) is 9.47 Å². The third-order valence-corrected chi connectivity index (χ3v) is 2.95. The summed E-state index contributed by atoms with van der Waals surface area (Å²) < 4.78 is 11.4. The number of nitrogens with zero attached hydrogens (tertiary/aromatic N) is 1. The minimum Gasteiger partial charge on any atom is -0.497 e. The van der Waals surface area contributed by atoms with Crippen molar-refractivity contribution in [1.29, 1.82) is 0 Å². The molecule has 0 atom stereocenters. The van der Waals surface area contributed by atoms with E-state index >= 15 is 0 Å². The van der Waals surface area contributed by atoms with Crippen molar-refractivity contribution in [3.05, 3.63) is 30.0 Å². The summed E-state index contributed by atoms with van der Waals surface area (Å²) >= 11 is 0. The lowest BCUT2D eigenvalue weighted by Crippen LogP contribution is -2.05. The van der Waals surface area contributed by atoms with Crippen LogP contribution in [-0.2, 0) is 16.0 Å². The van der Waals surface area contributed by atoms with Crippen molar-refractivity contribution >= 4 is 16.9 Å². The standard InChI is InChI=1S/C13H16N2O3/c1-17-10-4-5-12-11(7-10)9(8-15(12)14)3-6-13(16)18-2/h4-5,7-8H,3,6,14H2,1-2H3. The van der Waals surface area contributed by atoms with Gasteiger partial charge in [-0.05, 0) is 30.2 Å². The SMILES string of the molecule is COC(=O)CCc1cn(N)c2ccc(OC)cc12. The van der Waals surface area contributed by atoms with Crippen molar-refractivity contribution in [3.8, 4) is 5.75 Å². The lowest BCUT2D eigenvalue weighted by molar-refractivity contribution is -0.140. The number of carbonyl (C=O) groups is 1. The maximum absolute atomic E-state index is 11.2. The van der Waals surface area contributed by atoms with E-state index < -0.39 is 0 Å². The normalized spacial score (nSPS) is 10.6. The summed E-state index contributed by atoms with van der Waals surface area (Å²) in [6.07, 6.45) is 2.76. The van der Waals surface area contributed by atoms with Gasteiger partial charge in [0, 0.05) is 18.0 Å². The molecule has 0 unspecified atom stereocenters. The summed E-state index contributed by atoms with van der Waals surface area (Å²) in [5.41, 5.74) is 1.92. The predicted molar refractivity (Wildman–Crippen MR) is 69.0 cm³/mol. The molecule has 0 spiro atoms. The molecule has 1 aromatic carbocycles. The second-order valence-electron chi connectivity index (χ2n) is 4.02. The van der Waals surface area contributed by atoms with Gasteiger partial charge >= 0.3 is 5.97 Å². The van der Waals surface area contributed by atoms with Gasteiger partial charge in [0.15, 0.2) is 0 Å². The molecule has 2 N–H and O–H groups in total. The van der Waals surface area contributed by atoms with Crippen LogP contribution in [0.2, 0.25) is 0 Å². The Labute approximate surface area is 105 Å². The zero-order chi connectivity index (χ0) is 13.1. The van der Waals surface area contributed by atoms with E-state index in [1.54, 1.807) is 11.8 Å². The number of aryl methyl sites for hydroxylation is 1. The number of esters is 1. The predicted octanol–water partition coefficient (Wildman–Crippen LogP) is 1.47. The number of benzene rings is 1. The average molecular weight is 248 g/mol. The van der Waals surface area contributed by atoms with Gasteiger partial charge in [0.1, 0.15) is 5.75 Å². The van der Waals surface area contributed by atoms with Crippen molar-refractivity contribution in [1.82, 2.24) is 4.68 Å². The van der Waals surface area contributed by atoms with Gasteiger partial charge < -0.3 is 15.3 Å². The third-order valence-electron chi connectivity index (χ3n) is 2.95. The summed E-state index contributed by atoms with van der Waals surface area (Å²) in [6, 6.07) is 5.68. The van der Waals surface area contributed by atoms with E-state index in [0.717, 1.165) is 22.2 Å². The lowest BCUT2D eigenvalue weighted by atomic mass is 10.1. The molecule has 0 aliphatic rings. The van der Waals surface area contributed by atoms with Gasteiger partial charge in [-0.2, -0.15) is 0 Å². The van der Waals surface area contributed by atoms with E-state index in [-0.39, 0.29) is 5.97 Å². The highest BCUT2D eigenvalue weighted by Crippen LogP contribution is 2.25. The Balaban J connectivity index is 2.34. The Hall–Kier alpha value is -2.17. The topological polar surface area (TPSA) is 66.5 Å². The van der Waals surface area contributed by atoms with Crippen molar-refractivity contribution in [2.45, 2.75) is 12.8 Å². The van der Waals surface area contributed by atoms with Crippen molar-refractivity contribution in [2.24, 2.45) is 0 Å². The molecule has 0 amide bonds. The molecule has 5 heteroatoms. The molecule has 2 aromatic rings. The van der Waals surface area contributed by atoms with E-state index in [1.807, 2.05) is 24.4 Å². The van der Waals surface area contributed by atoms with E-state index in [4.69, 9.17) is 10.6 Å². The monoisotopic (exact) mass is 248 g/mol. The van der Waals surface area contributed by atoms with Crippen molar-refractivity contribution in [3.63, 3.8) is 0 Å². The number of nitrogen functional groups attached to an aromatic ring is 1. The minimum absolute atomic E-state index is 0.226. The Kier molecular flexibility index (Phi) is 3.41. The number of hydrogen-bond donors (Lipinski definition) is 1. The van der Waals surface area contributed by atoms with Crippen LogP contribution in [0.5, 0.6) is 5.75 Å². The Morgan fingerprint density at radius 1 is 1.39 bits per heavy atom. The fraction of sp³-hybridized carbons (Fsp3) is 0.308. The number of carbonyl (C=O) groups excluding carboxylic acids is 1. The van der Waals surface area contributed by atoms with Crippen LogP contribution in [-0.4, -0.2) is 24.9 Å². The first-order chi connectivity index (χ1) is 8.65. The van der Waals surface area contributed by atoms with E-state index in [9.17, 15) is 4.79 Å². The molecule has 0 saturated heterocycles. The van der Waals surface area contributed by atoms with Gasteiger partial charge in [0.05, 0.1) is 19.7 Å². The molecule has 1 aromatic heterocycles. The number of ether oxygens (including phenoxy) is 2. The number of rotatable bonds is 4. The van der Waals surface area contributed by atoms with Gasteiger partial charge in [-0.15, -0.1) is 0 Å². The van der Waals surface area contributed by atoms with Crippen LogP contribution in [0.25, 0.3) is 10.9 Å². The van der Waals surface area contributed by atoms with E-state index in [2.05, 4.69) is 4.74 Å². The highest BCUT2D eigenvalue weighted by Gasteiger charge is 2.10. The van der Waals surface area contributed by atoms with Crippen LogP contribution >= 0.6 is 0 Å². The van der Waals surface area contributed by atoms with Gasteiger partial charge in [-0.1, -0.05) is 0 Å². The average Bonchev–Trinajstić information content (AvgIpc) is 2.72. The van der Waals surface area contributed by atoms with Crippen molar-refractivity contribution in [2.75, 3.05) is 20.1 Å². The van der Waals surface area contributed by atoms with Crippen LogP contribution in [0.4, 0.5) is 0 Å². The lowest BCUT2D eigenvalue weighted by Gasteiger charge is -2.02. The van der Waals surface area contributed by atoms with E-state index in [0.29, 0.717) is 12.8 Å². The highest BCUT2D eigenvalue weighted by molar-refractivity contribution is 5.86. The van der Waals surface area contributed by atoms with Gasteiger partial charge in [-0.25, -0.2) is 0 Å². The largest absolute Gasteiger partial charge is 0.497 e. The van der Waals surface area contributed by atoms with Crippen LogP contribution in [0.3, 0.4) is 0 Å². The minimum atomic E-state index is -0.226. The Bertz CT molecular complexity index is 575. The molecule has 0 aliphatic carbocycles. The smallest absolute Gasteiger partial charge is 0.305 e. The van der Waals surface area contributed by atoms with Crippen LogP contribution in [0.15, 0.2) is 24.4 Å². The fourth-order valence-corrected chi connectivity index (χ4v) is 1.97. The number of hydrogen-bond acceptors (Lipinski definition) is 4. The Morgan fingerprint density at radius 3 is 2.83 bits per heavy atom. The molecule has 2 rings (SSSR count). The molecule has 0 aliphatic heterocycles. The second kappa shape index (κ2) is 5.00. The highest BCUT2D eigenvalue weighted by atomic mass is 16.5. The molecular formula is C13H16N2O3. The third kappa shape index (κ3) is 2.25. The molecule has 96 valence electrons. The summed E-state index contributed by atoms with van der Waals surface area (Å²) in [5, 5.41) is 1.00. The summed E-state index contributed by atoms with van der Waals surface area (Å²) in [4.78, 5) is 11.2. The molecule has 5 nitrogen and oxygen atoms in total. The zero-order valence-corrected chi connectivity index (χ0v) is 10.5. The molecular weight excluding hydrogens is 232 g/mol. The van der Waals surface area contributed by atoms with Gasteiger partial charge in [0.25, 0.3) is 0 Å². The fourth-order valence-electron chi connectivity index (χ4n) is 1.97. The molecule has 0 bridgehead atoms. The number of nitrogens with two attached hydrogens (primary N) is 1. The maximum atomic E-state index is 11.2. The summed E-state index contributed by atoms with van der Waals surface area (Å²) in [6.45, 7) is 0. The number of aromatic nitrogens is 1. The van der Waals surface area contributed by atoms with Crippen LogP contribution in [0.1, 0.15) is 12.0 Å². The molecule has 1 heterocycles. The van der Waals surface area contributed by atoms with Crippen LogP contribution in [0, 0.1) is 0 Å². The summed E-state index contributed by atoms with van der Waals surface area (Å²) in [7, 11) is 3.01. The molecule has 0 radical (unpaired) electrons. The molecule has 0 fully saturated rings. The molecule has 0 saturated carbocycles. The zero-order valence-electron chi connectivity index (χ0n) is 10.5. The maximum Gasteiger partial charge on any atom is 0.305 e. The first-order valence-corrected chi connectivity index (χ1v) is 5.65. The van der Waals surface area contributed by atoms with Crippen LogP contribution < -0.4 is 10.6 Å². The molecule has 18 heavy (non-hydrogen) atoms. The Morgan fingerprint density at radius 2 is 2.17 bits per heavy atom. The quantitative estimate of drug-likeness (QED) is 0.657. The first kappa shape index (κ1) is 12.3. The first-order valence-electron chi connectivity index (χ1n) is 5.65. The number of fused-ring (bicyclic) bond motifs is 1. The second-order valence-corrected chi connectivity index (χ2v) is 4.02.